The second kappa shape index (κ2) is 3.02. The van der Waals surface area contributed by atoms with Crippen molar-refractivity contribution in [2.24, 2.45) is 0 Å². The van der Waals surface area contributed by atoms with Crippen molar-refractivity contribution in [2.45, 2.75) is 0 Å². The Morgan fingerprint density at radius 3 is 2.67 bits per heavy atom. The van der Waals surface area contributed by atoms with Crippen molar-refractivity contribution >= 4 is 15.9 Å². The smallest absolute Gasteiger partial charge is 0.195 e. The van der Waals surface area contributed by atoms with Crippen molar-refractivity contribution in [3.8, 4) is 11.6 Å². The average Bonchev–Trinajstić information content (AvgIpc) is 2.48. The summed E-state index contributed by atoms with van der Waals surface area (Å²) in [5.74, 6) is 0.715. The molecule has 2 aromatic heterocycles. The van der Waals surface area contributed by atoms with Gasteiger partial charge in [-0.25, -0.2) is 15.0 Å². The molecule has 0 amide bonds. The van der Waals surface area contributed by atoms with E-state index in [0.717, 1.165) is 4.47 Å². The molecule has 0 saturated carbocycles. The molecule has 5 heteroatoms. The normalized spacial score (nSPS) is 12.4. The van der Waals surface area contributed by atoms with Crippen LogP contribution in [0, 0.1) is 0 Å². The largest absolute Gasteiger partial charge is 0.342 e. The third-order valence-electron chi connectivity index (χ3n) is 1.24. The maximum Gasteiger partial charge on any atom is 0.195 e. The van der Waals surface area contributed by atoms with Crippen molar-refractivity contribution in [3.63, 3.8) is 0 Å². The van der Waals surface area contributed by atoms with Crippen molar-refractivity contribution in [2.75, 3.05) is 0 Å². The van der Waals surface area contributed by atoms with E-state index >= 15 is 0 Å². The molecule has 2 rings (SSSR count). The molecular weight excluding hydrogens is 220 g/mol. The quantitative estimate of drug-likeness (QED) is 0.805. The zero-order valence-corrected chi connectivity index (χ0v) is 7.46. The summed E-state index contributed by atoms with van der Waals surface area (Å²) in [5.41, 5.74) is 0. The topological polar surface area (TPSA) is 54.5 Å². The van der Waals surface area contributed by atoms with Gasteiger partial charge in [0.2, 0.25) is 0 Å². The molecule has 0 atom stereocenters. The molecule has 0 aromatic carbocycles. The maximum atomic E-state index is 7.26. The van der Waals surface area contributed by atoms with Gasteiger partial charge in [-0.15, -0.1) is 0 Å². The average molecular weight is 227 g/mol. The summed E-state index contributed by atoms with van der Waals surface area (Å²) in [4.78, 5) is 14.4. The number of H-pyrrole nitrogens is 1. The first kappa shape index (κ1) is 5.42. The van der Waals surface area contributed by atoms with E-state index in [1.54, 1.807) is 12.4 Å². The second-order valence-electron chi connectivity index (χ2n) is 2.05. The molecule has 0 bridgehead atoms. The molecule has 0 spiro atoms. The van der Waals surface area contributed by atoms with Crippen molar-refractivity contribution in [3.05, 3.63) is 29.2 Å². The molecule has 0 fully saturated rings. The molecule has 2 aromatic rings. The number of aromatic nitrogens is 4. The molecule has 0 aliphatic rings. The molecule has 0 saturated heterocycles. The fourth-order valence-corrected chi connectivity index (χ4v) is 0.944. The lowest BCUT2D eigenvalue weighted by Crippen LogP contribution is -1.88. The zero-order valence-electron chi connectivity index (χ0n) is 7.87. The molecule has 2 heterocycles. The molecular formula is C7H5BrN4. The van der Waals surface area contributed by atoms with E-state index in [2.05, 4.69) is 35.9 Å². The van der Waals surface area contributed by atoms with Gasteiger partial charge in [-0.2, -0.15) is 0 Å². The highest BCUT2D eigenvalue weighted by Gasteiger charge is 2.00. The number of hydrogen-bond acceptors (Lipinski definition) is 3. The number of rotatable bonds is 1. The molecule has 1 N–H and O–H groups in total. The third kappa shape index (κ3) is 1.35. The maximum absolute atomic E-state index is 7.26. The monoisotopic (exact) mass is 226 g/mol. The van der Waals surface area contributed by atoms with E-state index in [1.165, 1.54) is 0 Å². The molecule has 4 nitrogen and oxygen atoms in total. The van der Waals surface area contributed by atoms with Gasteiger partial charge in [0.05, 0.1) is 7.21 Å². The number of halogens is 1. The van der Waals surface area contributed by atoms with Crippen LogP contribution < -0.4 is 0 Å². The van der Waals surface area contributed by atoms with Gasteiger partial charge in [-0.05, 0) is 15.9 Å². The highest BCUT2D eigenvalue weighted by atomic mass is 79.9. The summed E-state index contributed by atoms with van der Waals surface area (Å²) in [6.07, 6.45) is 3.02. The van der Waals surface area contributed by atoms with E-state index in [-0.39, 0.29) is 12.3 Å². The Hall–Kier alpha value is -1.23. The molecule has 60 valence electrons. The van der Waals surface area contributed by atoms with Gasteiger partial charge in [0.25, 0.3) is 0 Å². The summed E-state index contributed by atoms with van der Waals surface area (Å²) in [6.45, 7) is 0. The lowest BCUT2D eigenvalue weighted by Gasteiger charge is -1.93. The third-order valence-corrected chi connectivity index (χ3v) is 1.65. The minimum absolute atomic E-state index is 0.0356. The fraction of sp³-hybridized carbons (Fsp3) is 0. The Bertz CT molecular complexity index is 434. The van der Waals surface area contributed by atoms with Crippen LogP contribution >= 0.6 is 15.9 Å². The summed E-state index contributed by atoms with van der Waals surface area (Å²) in [5, 5.41) is 0. The zero-order chi connectivity index (χ0) is 10.1. The fourth-order valence-electron chi connectivity index (χ4n) is 0.739. The Balaban J connectivity index is 2.44. The lowest BCUT2D eigenvalue weighted by atomic mass is 10.5. The van der Waals surface area contributed by atoms with E-state index in [1.807, 2.05) is 0 Å². The molecule has 12 heavy (non-hydrogen) atoms. The summed E-state index contributed by atoms with van der Waals surface area (Å²) in [6, 6.07) is 0. The first-order chi connectivity index (χ1) is 6.66. The van der Waals surface area contributed by atoms with E-state index < -0.39 is 0 Å². The van der Waals surface area contributed by atoms with Crippen LogP contribution in [0.2, 0.25) is 0 Å². The van der Waals surface area contributed by atoms with Crippen LogP contribution in [0.5, 0.6) is 0 Å². The Labute approximate surface area is 80.0 Å². The number of imidazole rings is 1. The molecule has 0 unspecified atom stereocenters. The number of nitrogens with one attached hydrogen (secondary N) is 1. The van der Waals surface area contributed by atoms with Crippen LogP contribution in [0.25, 0.3) is 11.6 Å². The summed E-state index contributed by atoms with van der Waals surface area (Å²) in [7, 11) is 0. The Kier molecular flexibility index (Phi) is 1.37. The molecule has 0 aliphatic carbocycles. The van der Waals surface area contributed by atoms with E-state index in [9.17, 15) is 0 Å². The first-order valence-corrected chi connectivity index (χ1v) is 3.97. The van der Waals surface area contributed by atoms with E-state index in [0.29, 0.717) is 11.6 Å². The van der Waals surface area contributed by atoms with Gasteiger partial charge in [0.1, 0.15) is 0 Å². The highest BCUT2D eigenvalue weighted by Crippen LogP contribution is 2.10. The van der Waals surface area contributed by atoms with Crippen LogP contribution in [0.1, 0.15) is 2.74 Å². The van der Waals surface area contributed by atoms with Crippen LogP contribution in [-0.2, 0) is 0 Å². The van der Waals surface area contributed by atoms with Gasteiger partial charge in [0, 0.05) is 24.7 Å². The predicted octanol–water partition coefficient (Wildman–Crippen LogP) is 1.63. The van der Waals surface area contributed by atoms with Gasteiger partial charge < -0.3 is 4.98 Å². The van der Waals surface area contributed by atoms with Crippen molar-refractivity contribution < 1.29 is 2.74 Å². The molecule has 0 radical (unpaired) electrons. The summed E-state index contributed by atoms with van der Waals surface area (Å²) >= 11 is 3.21. The minimum Gasteiger partial charge on any atom is -0.342 e. The number of nitrogens with zero attached hydrogens (tertiary/aromatic N) is 3. The van der Waals surface area contributed by atoms with Gasteiger partial charge in [0.15, 0.2) is 11.6 Å². The van der Waals surface area contributed by atoms with Crippen LogP contribution in [0.4, 0.5) is 0 Å². The summed E-state index contributed by atoms with van der Waals surface area (Å²) < 4.78 is 15.3. The van der Waals surface area contributed by atoms with Crippen molar-refractivity contribution in [1.29, 1.82) is 0 Å². The molecule has 0 aliphatic heterocycles. The number of aromatic amines is 1. The Morgan fingerprint density at radius 2 is 2.08 bits per heavy atom. The minimum atomic E-state index is -0.105. The van der Waals surface area contributed by atoms with Gasteiger partial charge in [-0.1, -0.05) is 0 Å². The van der Waals surface area contributed by atoms with Crippen LogP contribution in [0.15, 0.2) is 29.2 Å². The first-order valence-electron chi connectivity index (χ1n) is 4.18. The SMILES string of the molecule is [2H]c1nc(-c2ncc(Br)cn2)[nH]c1[2H]. The van der Waals surface area contributed by atoms with Crippen LogP contribution in [0.3, 0.4) is 0 Å². The number of hydrogen-bond donors (Lipinski definition) is 1. The van der Waals surface area contributed by atoms with E-state index in [4.69, 9.17) is 2.74 Å². The lowest BCUT2D eigenvalue weighted by molar-refractivity contribution is 1.11. The second-order valence-corrected chi connectivity index (χ2v) is 2.96. The Morgan fingerprint density at radius 1 is 1.33 bits per heavy atom. The van der Waals surface area contributed by atoms with Gasteiger partial charge >= 0.3 is 0 Å². The van der Waals surface area contributed by atoms with Crippen molar-refractivity contribution in [1.82, 2.24) is 19.9 Å². The predicted molar refractivity (Wildman–Crippen MR) is 47.3 cm³/mol. The standard InChI is InChI=1S/C7H5BrN4/c8-5-3-11-7(12-4-5)6-9-1-2-10-6/h1-4H,(H,9,10)/i1D,2D. The van der Waals surface area contributed by atoms with Crippen LogP contribution in [-0.4, -0.2) is 19.9 Å². The highest BCUT2D eigenvalue weighted by molar-refractivity contribution is 9.10. The van der Waals surface area contributed by atoms with Gasteiger partial charge in [-0.3, -0.25) is 0 Å².